The van der Waals surface area contributed by atoms with Crippen molar-refractivity contribution >= 4 is 12.0 Å². The molecule has 1 aliphatic heterocycles. The van der Waals surface area contributed by atoms with Crippen molar-refractivity contribution in [1.29, 1.82) is 0 Å². The van der Waals surface area contributed by atoms with E-state index in [-0.39, 0.29) is 18.1 Å². The van der Waals surface area contributed by atoms with Crippen molar-refractivity contribution in [3.63, 3.8) is 0 Å². The number of rotatable bonds is 5. The Hall–Kier alpha value is -2.82. The normalized spacial score (nSPS) is 19.6. The van der Waals surface area contributed by atoms with Gasteiger partial charge in [0.1, 0.15) is 6.10 Å². The van der Waals surface area contributed by atoms with Gasteiger partial charge >= 0.3 is 6.09 Å². The standard InChI is InChI=1S/C20H20N2O3/c23-19(21-12-18-13-22(17-10-11-17)20(24)25-18)16-8-6-15(7-9-16)14-4-2-1-3-5-14/h1-9,17-18H,10-13H2,(H,21,23). The molecule has 25 heavy (non-hydrogen) atoms. The fourth-order valence-corrected chi connectivity index (χ4v) is 3.09. The van der Waals surface area contributed by atoms with E-state index in [2.05, 4.69) is 5.32 Å². The van der Waals surface area contributed by atoms with Gasteiger partial charge in [-0.2, -0.15) is 0 Å². The largest absolute Gasteiger partial charge is 0.442 e. The van der Waals surface area contributed by atoms with Gasteiger partial charge in [-0.15, -0.1) is 0 Å². The van der Waals surface area contributed by atoms with Gasteiger partial charge in [0.2, 0.25) is 0 Å². The van der Waals surface area contributed by atoms with Crippen LogP contribution in [0, 0.1) is 0 Å². The number of ether oxygens (including phenoxy) is 1. The molecule has 2 aliphatic rings. The molecule has 0 spiro atoms. The molecule has 2 aromatic rings. The molecule has 2 aromatic carbocycles. The summed E-state index contributed by atoms with van der Waals surface area (Å²) >= 11 is 0. The van der Waals surface area contributed by atoms with E-state index in [0.717, 1.165) is 24.0 Å². The van der Waals surface area contributed by atoms with Gasteiger partial charge < -0.3 is 15.0 Å². The van der Waals surface area contributed by atoms with Crippen LogP contribution in [0.25, 0.3) is 11.1 Å². The van der Waals surface area contributed by atoms with Crippen LogP contribution in [0.3, 0.4) is 0 Å². The Kier molecular flexibility index (Phi) is 4.14. The smallest absolute Gasteiger partial charge is 0.410 e. The molecule has 0 radical (unpaired) electrons. The van der Waals surface area contributed by atoms with Gasteiger partial charge in [-0.3, -0.25) is 4.79 Å². The van der Waals surface area contributed by atoms with E-state index >= 15 is 0 Å². The van der Waals surface area contributed by atoms with Crippen LogP contribution < -0.4 is 5.32 Å². The zero-order valence-corrected chi connectivity index (χ0v) is 13.9. The second-order valence-corrected chi connectivity index (χ2v) is 6.54. The van der Waals surface area contributed by atoms with Crippen LogP contribution in [0.5, 0.6) is 0 Å². The van der Waals surface area contributed by atoms with Crippen molar-refractivity contribution < 1.29 is 14.3 Å². The SMILES string of the molecule is O=C(NCC1CN(C2CC2)C(=O)O1)c1ccc(-c2ccccc2)cc1. The Morgan fingerprint density at radius 1 is 1.04 bits per heavy atom. The minimum absolute atomic E-state index is 0.152. The van der Waals surface area contributed by atoms with Crippen LogP contribution in [-0.4, -0.2) is 42.1 Å². The summed E-state index contributed by atoms with van der Waals surface area (Å²) in [5, 5.41) is 2.86. The van der Waals surface area contributed by atoms with Crippen LogP contribution in [0.15, 0.2) is 54.6 Å². The highest BCUT2D eigenvalue weighted by molar-refractivity contribution is 5.94. The first-order valence-corrected chi connectivity index (χ1v) is 8.61. The van der Waals surface area contributed by atoms with Crippen molar-refractivity contribution in [3.05, 3.63) is 60.2 Å². The fourth-order valence-electron chi connectivity index (χ4n) is 3.09. The number of amides is 2. The summed E-state index contributed by atoms with van der Waals surface area (Å²) in [6, 6.07) is 17.9. The van der Waals surface area contributed by atoms with Gasteiger partial charge in [-0.05, 0) is 36.1 Å². The average Bonchev–Trinajstić information content (AvgIpc) is 3.43. The number of carbonyl (C=O) groups excluding carboxylic acids is 2. The van der Waals surface area contributed by atoms with Crippen molar-refractivity contribution in [3.8, 4) is 11.1 Å². The monoisotopic (exact) mass is 336 g/mol. The van der Waals surface area contributed by atoms with Crippen molar-refractivity contribution in [2.24, 2.45) is 0 Å². The van der Waals surface area contributed by atoms with Crippen LogP contribution in [0.2, 0.25) is 0 Å². The molecule has 0 bridgehead atoms. The number of hydrogen-bond donors (Lipinski definition) is 1. The molecule has 1 unspecified atom stereocenters. The Balaban J connectivity index is 1.33. The first kappa shape index (κ1) is 15.7. The zero-order chi connectivity index (χ0) is 17.2. The number of nitrogens with zero attached hydrogens (tertiary/aromatic N) is 1. The maximum absolute atomic E-state index is 12.3. The Morgan fingerprint density at radius 3 is 2.40 bits per heavy atom. The molecule has 1 saturated heterocycles. The van der Waals surface area contributed by atoms with Gasteiger partial charge in [0.25, 0.3) is 5.91 Å². The molecule has 1 N–H and O–H groups in total. The Labute approximate surface area is 146 Å². The molecule has 0 aromatic heterocycles. The quantitative estimate of drug-likeness (QED) is 0.913. The predicted octanol–water partition coefficient (Wildman–Crippen LogP) is 3.07. The van der Waals surface area contributed by atoms with Crippen molar-refractivity contribution in [2.45, 2.75) is 25.0 Å². The maximum atomic E-state index is 12.3. The van der Waals surface area contributed by atoms with Gasteiger partial charge in [0, 0.05) is 11.6 Å². The summed E-state index contributed by atoms with van der Waals surface area (Å²) in [6.45, 7) is 0.908. The Morgan fingerprint density at radius 2 is 1.72 bits per heavy atom. The Bertz CT molecular complexity index is 769. The maximum Gasteiger partial charge on any atom is 0.410 e. The molecule has 4 rings (SSSR count). The summed E-state index contributed by atoms with van der Waals surface area (Å²) < 4.78 is 5.31. The van der Waals surface area contributed by atoms with E-state index in [1.54, 1.807) is 4.90 Å². The van der Waals surface area contributed by atoms with E-state index in [4.69, 9.17) is 4.74 Å². The molecule has 5 heteroatoms. The number of benzene rings is 2. The van der Waals surface area contributed by atoms with Crippen molar-refractivity contribution in [1.82, 2.24) is 10.2 Å². The molecule has 128 valence electrons. The topological polar surface area (TPSA) is 58.6 Å². The molecule has 1 heterocycles. The third-order valence-corrected chi connectivity index (χ3v) is 4.63. The number of hydrogen-bond acceptors (Lipinski definition) is 3. The third-order valence-electron chi connectivity index (χ3n) is 4.63. The lowest BCUT2D eigenvalue weighted by atomic mass is 10.0. The molecule has 1 saturated carbocycles. The minimum Gasteiger partial charge on any atom is -0.442 e. The molecule has 1 atom stereocenters. The van der Waals surface area contributed by atoms with E-state index in [0.29, 0.717) is 24.7 Å². The summed E-state index contributed by atoms with van der Waals surface area (Å²) in [6.07, 6.45) is 1.60. The first-order valence-electron chi connectivity index (χ1n) is 8.61. The molecule has 1 aliphatic carbocycles. The summed E-state index contributed by atoms with van der Waals surface area (Å²) in [5.41, 5.74) is 2.79. The molecular formula is C20H20N2O3. The molecule has 2 amide bonds. The summed E-state index contributed by atoms with van der Waals surface area (Å²) in [5.74, 6) is -0.152. The number of carbonyl (C=O) groups is 2. The van der Waals surface area contributed by atoms with Crippen molar-refractivity contribution in [2.75, 3.05) is 13.1 Å². The van der Waals surface area contributed by atoms with Crippen LogP contribution in [0.1, 0.15) is 23.2 Å². The minimum atomic E-state index is -0.263. The number of nitrogens with one attached hydrogen (secondary N) is 1. The highest BCUT2D eigenvalue weighted by Crippen LogP contribution is 2.30. The zero-order valence-electron chi connectivity index (χ0n) is 13.9. The van der Waals surface area contributed by atoms with E-state index < -0.39 is 0 Å². The number of cyclic esters (lactones) is 1. The lowest BCUT2D eigenvalue weighted by Crippen LogP contribution is -2.35. The first-order chi connectivity index (χ1) is 12.2. The van der Waals surface area contributed by atoms with Gasteiger partial charge in [0.15, 0.2) is 0 Å². The summed E-state index contributed by atoms with van der Waals surface area (Å²) in [7, 11) is 0. The summed E-state index contributed by atoms with van der Waals surface area (Å²) in [4.78, 5) is 25.8. The fraction of sp³-hybridized carbons (Fsp3) is 0.300. The third kappa shape index (κ3) is 3.50. The molecule has 5 nitrogen and oxygen atoms in total. The predicted molar refractivity (Wildman–Crippen MR) is 94.2 cm³/mol. The average molecular weight is 336 g/mol. The van der Waals surface area contributed by atoms with E-state index in [9.17, 15) is 9.59 Å². The highest BCUT2D eigenvalue weighted by Gasteiger charge is 2.40. The van der Waals surface area contributed by atoms with E-state index in [1.807, 2.05) is 54.6 Å². The lowest BCUT2D eigenvalue weighted by Gasteiger charge is -2.11. The van der Waals surface area contributed by atoms with Crippen LogP contribution >= 0.6 is 0 Å². The van der Waals surface area contributed by atoms with Gasteiger partial charge in [-0.25, -0.2) is 4.79 Å². The van der Waals surface area contributed by atoms with Crippen LogP contribution in [-0.2, 0) is 4.74 Å². The molecular weight excluding hydrogens is 316 g/mol. The van der Waals surface area contributed by atoms with Gasteiger partial charge in [0.05, 0.1) is 13.1 Å². The van der Waals surface area contributed by atoms with Gasteiger partial charge in [-0.1, -0.05) is 42.5 Å². The highest BCUT2D eigenvalue weighted by atomic mass is 16.6. The van der Waals surface area contributed by atoms with Crippen LogP contribution in [0.4, 0.5) is 4.79 Å². The van der Waals surface area contributed by atoms with E-state index in [1.165, 1.54) is 0 Å². The molecule has 2 fully saturated rings. The lowest BCUT2D eigenvalue weighted by molar-refractivity contribution is 0.0914. The second-order valence-electron chi connectivity index (χ2n) is 6.54. The second kappa shape index (κ2) is 6.59.